The molecule has 9 rings (SSSR count). The molecule has 0 spiro atoms. The van der Waals surface area contributed by atoms with Gasteiger partial charge in [-0.05, 0) is 71.3 Å². The zero-order chi connectivity index (χ0) is 33.6. The number of nitrogens with one attached hydrogen (secondary N) is 1. The second kappa shape index (κ2) is 12.0. The highest BCUT2D eigenvalue weighted by Crippen LogP contribution is 2.47. The van der Waals surface area contributed by atoms with Gasteiger partial charge in [0, 0.05) is 33.4 Å². The van der Waals surface area contributed by atoms with Gasteiger partial charge in [0.05, 0.1) is 45.2 Å². The van der Waals surface area contributed by atoms with E-state index in [1.807, 2.05) is 72.8 Å². The number of nitrogens with zero attached hydrogens (tertiary/aromatic N) is 3. The lowest BCUT2D eigenvalue weighted by Crippen LogP contribution is -1.99. The van der Waals surface area contributed by atoms with Gasteiger partial charge in [0.2, 0.25) is 0 Å². The molecule has 0 saturated heterocycles. The van der Waals surface area contributed by atoms with Crippen LogP contribution in [0.1, 0.15) is 33.9 Å². The van der Waals surface area contributed by atoms with Gasteiger partial charge >= 0.3 is 0 Å². The average Bonchev–Trinajstić information content (AvgIpc) is 3.94. The number of fused-ring (bicyclic) bond motifs is 8. The van der Waals surface area contributed by atoms with Crippen LogP contribution in [0.5, 0.6) is 0 Å². The second-order valence-corrected chi connectivity index (χ2v) is 12.4. The molecule has 0 atom stereocenters. The fourth-order valence-electron chi connectivity index (χ4n) is 7.00. The average molecular weight is 645 g/mol. The van der Waals surface area contributed by atoms with Gasteiger partial charge in [-0.15, -0.1) is 0 Å². The molecule has 238 valence electrons. The lowest BCUT2D eigenvalue weighted by atomic mass is 9.89. The van der Waals surface area contributed by atoms with Crippen LogP contribution in [0.2, 0.25) is 0 Å². The van der Waals surface area contributed by atoms with E-state index in [0.717, 1.165) is 83.9 Å². The van der Waals surface area contributed by atoms with Gasteiger partial charge in [-0.25, -0.2) is 9.97 Å². The minimum Gasteiger partial charge on any atom is -0.395 e. The van der Waals surface area contributed by atoms with Gasteiger partial charge in [0.25, 0.3) is 0 Å². The Labute approximate surface area is 289 Å². The predicted molar refractivity (Wildman–Crippen MR) is 207 cm³/mol. The van der Waals surface area contributed by atoms with Crippen LogP contribution in [0.25, 0.3) is 62.2 Å². The van der Waals surface area contributed by atoms with E-state index in [0.29, 0.717) is 11.4 Å². The van der Waals surface area contributed by atoms with Crippen molar-refractivity contribution in [1.82, 2.24) is 19.5 Å². The number of H-pyrrole nitrogens is 1. The van der Waals surface area contributed by atoms with Crippen LogP contribution in [0.4, 0.5) is 11.4 Å². The molecule has 50 heavy (non-hydrogen) atoms. The summed E-state index contributed by atoms with van der Waals surface area (Å²) in [6, 6.07) is 51.8. The molecular weight excluding hydrogens is 613 g/mol. The molecule has 4 aromatic carbocycles. The van der Waals surface area contributed by atoms with Crippen molar-refractivity contribution in [3.05, 3.63) is 186 Å². The summed E-state index contributed by atoms with van der Waals surface area (Å²) >= 11 is 0. The maximum Gasteiger partial charge on any atom is 0.0822 e. The Balaban J connectivity index is 1.58. The zero-order valence-electron chi connectivity index (χ0n) is 27.1. The largest absolute Gasteiger partial charge is 0.395 e. The first-order valence-corrected chi connectivity index (χ1v) is 16.6. The van der Waals surface area contributed by atoms with Crippen LogP contribution in [-0.4, -0.2) is 19.5 Å². The van der Waals surface area contributed by atoms with E-state index in [4.69, 9.17) is 21.4 Å². The maximum atomic E-state index is 7.19. The van der Waals surface area contributed by atoms with Crippen LogP contribution in [0.15, 0.2) is 152 Å². The van der Waals surface area contributed by atoms with Crippen LogP contribution in [0.3, 0.4) is 0 Å². The highest BCUT2D eigenvalue weighted by Gasteiger charge is 2.29. The van der Waals surface area contributed by atoms with E-state index in [-0.39, 0.29) is 0 Å². The van der Waals surface area contributed by atoms with Crippen molar-refractivity contribution in [1.29, 1.82) is 0 Å². The standard InChI is InChI=1S/C44H32N6/c45-41-37-27-34-24-22-32(48-34)25-31-21-23-33(47-31)26-36-38(28-13-5-1-6-14-28)39(29-15-7-2-8-16-29)43(49-36)40(30-17-9-3-10-18-30)44(42(41)46)50(37)35-19-11-4-12-20-35/h1-27,47H,45-46H2. The third kappa shape index (κ3) is 4.98. The fourth-order valence-corrected chi connectivity index (χ4v) is 7.00. The molecular formula is C44H32N6. The number of anilines is 2. The summed E-state index contributed by atoms with van der Waals surface area (Å²) in [4.78, 5) is 14.1. The third-order valence-corrected chi connectivity index (χ3v) is 9.23. The summed E-state index contributed by atoms with van der Waals surface area (Å²) < 4.78 is 2.16. The lowest BCUT2D eigenvalue weighted by Gasteiger charge is -2.15. The summed E-state index contributed by atoms with van der Waals surface area (Å²) in [6.07, 6.45) is 4.01. The molecule has 0 radical (unpaired) electrons. The van der Waals surface area contributed by atoms with Crippen molar-refractivity contribution >= 4 is 56.7 Å². The molecule has 0 saturated carbocycles. The molecule has 7 aromatic rings. The van der Waals surface area contributed by atoms with Crippen molar-refractivity contribution in [3.8, 4) is 16.8 Å². The molecule has 5 N–H and O–H groups in total. The second-order valence-electron chi connectivity index (χ2n) is 12.4. The summed E-state index contributed by atoms with van der Waals surface area (Å²) in [6.45, 7) is 0. The number of hydrogen-bond acceptors (Lipinski definition) is 4. The number of nitrogens with two attached hydrogens (primary N) is 2. The van der Waals surface area contributed by atoms with Crippen molar-refractivity contribution in [2.45, 2.75) is 0 Å². The first-order chi connectivity index (χ1) is 24.6. The van der Waals surface area contributed by atoms with E-state index in [1.54, 1.807) is 0 Å². The van der Waals surface area contributed by atoms with Gasteiger partial charge in [0.1, 0.15) is 0 Å². The van der Waals surface area contributed by atoms with Crippen molar-refractivity contribution in [2.75, 3.05) is 11.5 Å². The van der Waals surface area contributed by atoms with Gasteiger partial charge in [0.15, 0.2) is 0 Å². The van der Waals surface area contributed by atoms with Crippen LogP contribution in [0, 0.1) is 0 Å². The lowest BCUT2D eigenvalue weighted by molar-refractivity contribution is 1.17. The summed E-state index contributed by atoms with van der Waals surface area (Å²) in [7, 11) is 0. The molecule has 0 aliphatic carbocycles. The minimum atomic E-state index is 0.476. The molecule has 5 heterocycles. The van der Waals surface area contributed by atoms with Gasteiger partial charge in [-0.1, -0.05) is 109 Å². The quantitative estimate of drug-likeness (QED) is 0.178. The summed E-state index contributed by atoms with van der Waals surface area (Å²) in [5.41, 5.74) is 28.7. The number of para-hydroxylation sites is 1. The Morgan fingerprint density at radius 3 is 1.68 bits per heavy atom. The van der Waals surface area contributed by atoms with Crippen LogP contribution >= 0.6 is 0 Å². The molecule has 6 nitrogen and oxygen atoms in total. The van der Waals surface area contributed by atoms with Gasteiger partial charge in [-0.3, -0.25) is 0 Å². The smallest absolute Gasteiger partial charge is 0.0822 e. The Kier molecular flexibility index (Phi) is 6.99. The number of rotatable bonds is 4. The van der Waals surface area contributed by atoms with Gasteiger partial charge < -0.3 is 21.0 Å². The highest BCUT2D eigenvalue weighted by atomic mass is 15.0. The molecule has 0 amide bonds. The van der Waals surface area contributed by atoms with Crippen LogP contribution in [-0.2, 0) is 0 Å². The summed E-state index contributed by atoms with van der Waals surface area (Å²) in [5, 5.41) is 0. The van der Waals surface area contributed by atoms with Crippen LogP contribution < -0.4 is 11.5 Å². The summed E-state index contributed by atoms with van der Waals surface area (Å²) in [5.74, 6) is 0. The van der Waals surface area contributed by atoms with Crippen molar-refractivity contribution in [3.63, 3.8) is 0 Å². The molecule has 8 bridgehead atoms. The van der Waals surface area contributed by atoms with E-state index in [1.165, 1.54) is 0 Å². The molecule has 0 fully saturated rings. The highest BCUT2D eigenvalue weighted by molar-refractivity contribution is 6.13. The molecule has 0 unspecified atom stereocenters. The molecule has 6 heteroatoms. The van der Waals surface area contributed by atoms with E-state index in [2.05, 4.69) is 101 Å². The first-order valence-electron chi connectivity index (χ1n) is 16.6. The zero-order valence-corrected chi connectivity index (χ0v) is 27.1. The molecule has 2 aliphatic rings. The Morgan fingerprint density at radius 1 is 0.500 bits per heavy atom. The Bertz CT molecular complexity index is 2630. The van der Waals surface area contributed by atoms with Crippen molar-refractivity contribution in [2.24, 2.45) is 0 Å². The SMILES string of the molecule is Nc1c(N)c2c(-c3ccccc3)c3nc(cc4ccc(cc5nc(cc1n2-c1ccccc1)C=C5)[nH]4)C(c1ccccc1)=C3c1ccccc1. The molecule has 3 aromatic heterocycles. The predicted octanol–water partition coefficient (Wildman–Crippen LogP) is 9.79. The van der Waals surface area contributed by atoms with E-state index < -0.39 is 0 Å². The minimum absolute atomic E-state index is 0.476. The van der Waals surface area contributed by atoms with Gasteiger partial charge in [-0.2, -0.15) is 0 Å². The Hall–Kier alpha value is -6.92. The number of aromatic nitrogens is 4. The van der Waals surface area contributed by atoms with E-state index >= 15 is 0 Å². The monoisotopic (exact) mass is 644 g/mol. The Morgan fingerprint density at radius 2 is 1.04 bits per heavy atom. The number of benzene rings is 4. The molecule has 2 aliphatic heterocycles. The fraction of sp³-hybridized carbons (Fsp3) is 0. The van der Waals surface area contributed by atoms with E-state index in [9.17, 15) is 0 Å². The number of aromatic amines is 1. The normalized spacial score (nSPS) is 12.4. The topological polar surface area (TPSA) is 98.5 Å². The number of nitrogen functional groups attached to an aromatic ring is 2. The maximum absolute atomic E-state index is 7.19. The third-order valence-electron chi connectivity index (χ3n) is 9.23. The van der Waals surface area contributed by atoms with Crippen molar-refractivity contribution < 1.29 is 0 Å². The number of hydrogen-bond donors (Lipinski definition) is 3. The first kappa shape index (κ1) is 29.2.